The Hall–Kier alpha value is -2.53. The van der Waals surface area contributed by atoms with Crippen LogP contribution in [0.5, 0.6) is 0 Å². The lowest BCUT2D eigenvalue weighted by Crippen LogP contribution is -2.33. The van der Waals surface area contributed by atoms with E-state index in [1.54, 1.807) is 6.20 Å². The molecule has 4 N–H and O–H groups in total. The van der Waals surface area contributed by atoms with Gasteiger partial charge in [0.1, 0.15) is 27.3 Å². The third kappa shape index (κ3) is 1.80. The molecule has 3 rings (SSSR count). The lowest BCUT2D eigenvalue weighted by Gasteiger charge is -2.28. The van der Waals surface area contributed by atoms with Crippen LogP contribution in [0.3, 0.4) is 0 Å². The number of nitrogen functional groups attached to an aromatic ring is 1. The number of carbonyl (C=O) groups excluding carboxylic acids is 1. The Morgan fingerprint density at radius 1 is 1.50 bits per heavy atom. The molecule has 1 amide bonds. The number of thiophene rings is 1. The summed E-state index contributed by atoms with van der Waals surface area (Å²) in [6.07, 6.45) is 3.68. The Morgan fingerprint density at radius 2 is 2.30 bits per heavy atom. The number of hydrogen-bond donors (Lipinski definition) is 2. The monoisotopic (exact) mass is 288 g/mol. The van der Waals surface area contributed by atoms with Gasteiger partial charge in [-0.25, -0.2) is 4.98 Å². The number of rotatable bonds is 2. The molecule has 0 bridgehead atoms. The maximum atomic E-state index is 11.4. The molecule has 2 aromatic heterocycles. The Bertz CT molecular complexity index is 725. The van der Waals surface area contributed by atoms with Gasteiger partial charge in [-0.05, 0) is 0 Å². The smallest absolute Gasteiger partial charge is 0.261 e. The Balaban J connectivity index is 2.02. The highest BCUT2D eigenvalue weighted by Crippen LogP contribution is 2.38. The summed E-state index contributed by atoms with van der Waals surface area (Å²) >= 11 is 1.17. The first-order valence-electron chi connectivity index (χ1n) is 5.99. The molecule has 0 aliphatic carbocycles. The summed E-state index contributed by atoms with van der Waals surface area (Å²) in [5, 5.41) is 9.95. The first-order chi connectivity index (χ1) is 9.61. The summed E-state index contributed by atoms with van der Waals surface area (Å²) in [4.78, 5) is 17.9. The number of imidazole rings is 1. The minimum Gasteiger partial charge on any atom is -0.396 e. The topological polar surface area (TPSA) is 114 Å². The molecular weight excluding hydrogens is 276 g/mol. The first-order valence-corrected chi connectivity index (χ1v) is 6.80. The second kappa shape index (κ2) is 4.54. The summed E-state index contributed by atoms with van der Waals surface area (Å²) in [5.74, 6) is 0.321. The highest BCUT2D eigenvalue weighted by molar-refractivity contribution is 7.19. The Morgan fingerprint density at radius 3 is 3.00 bits per heavy atom. The van der Waals surface area contributed by atoms with Gasteiger partial charge < -0.3 is 20.9 Å². The van der Waals surface area contributed by atoms with E-state index in [0.717, 1.165) is 18.9 Å². The van der Waals surface area contributed by atoms with Crippen molar-refractivity contribution in [1.29, 1.82) is 5.26 Å². The van der Waals surface area contributed by atoms with Crippen LogP contribution in [-0.4, -0.2) is 22.0 Å². The molecule has 1 aliphatic heterocycles. The van der Waals surface area contributed by atoms with E-state index < -0.39 is 5.91 Å². The molecule has 7 nitrogen and oxygen atoms in total. The summed E-state index contributed by atoms with van der Waals surface area (Å²) < 4.78 is 2.06. The molecular formula is C12H12N6OS. The fourth-order valence-electron chi connectivity index (χ4n) is 2.29. The van der Waals surface area contributed by atoms with Gasteiger partial charge in [0.2, 0.25) is 0 Å². The number of anilines is 2. The summed E-state index contributed by atoms with van der Waals surface area (Å²) in [6, 6.07) is 2.06. The molecule has 1 aliphatic rings. The molecule has 0 saturated carbocycles. The molecule has 0 fully saturated rings. The van der Waals surface area contributed by atoms with Gasteiger partial charge in [-0.15, -0.1) is 11.3 Å². The van der Waals surface area contributed by atoms with Crippen LogP contribution in [0.4, 0.5) is 10.7 Å². The molecule has 0 spiro atoms. The van der Waals surface area contributed by atoms with E-state index >= 15 is 0 Å². The van der Waals surface area contributed by atoms with Gasteiger partial charge in [-0.2, -0.15) is 5.26 Å². The molecule has 8 heteroatoms. The van der Waals surface area contributed by atoms with Crippen LogP contribution in [0.1, 0.15) is 21.1 Å². The minimum atomic E-state index is -0.603. The second-order valence-electron chi connectivity index (χ2n) is 4.46. The fourth-order valence-corrected chi connectivity index (χ4v) is 3.34. The van der Waals surface area contributed by atoms with Gasteiger partial charge >= 0.3 is 0 Å². The second-order valence-corrected chi connectivity index (χ2v) is 5.46. The maximum Gasteiger partial charge on any atom is 0.261 e. The highest BCUT2D eigenvalue weighted by Gasteiger charge is 2.26. The van der Waals surface area contributed by atoms with Crippen molar-refractivity contribution in [1.82, 2.24) is 9.55 Å². The summed E-state index contributed by atoms with van der Waals surface area (Å²) in [7, 11) is 0. The number of nitriles is 1. The zero-order valence-electron chi connectivity index (χ0n) is 10.5. The minimum absolute atomic E-state index is 0.175. The number of primary amides is 1. The highest BCUT2D eigenvalue weighted by atomic mass is 32.1. The first kappa shape index (κ1) is 12.5. The van der Waals surface area contributed by atoms with Gasteiger partial charge in [0.15, 0.2) is 0 Å². The third-order valence-corrected chi connectivity index (χ3v) is 4.58. The average molecular weight is 288 g/mol. The predicted octanol–water partition coefficient (Wildman–Crippen LogP) is 0.518. The van der Waals surface area contributed by atoms with Crippen molar-refractivity contribution in [3.05, 3.63) is 28.7 Å². The van der Waals surface area contributed by atoms with Crippen LogP contribution in [0.15, 0.2) is 12.4 Å². The van der Waals surface area contributed by atoms with E-state index in [9.17, 15) is 10.1 Å². The van der Waals surface area contributed by atoms with Gasteiger partial charge in [-0.1, -0.05) is 0 Å². The molecule has 20 heavy (non-hydrogen) atoms. The number of nitrogens with two attached hydrogens (primary N) is 2. The van der Waals surface area contributed by atoms with E-state index in [2.05, 4.69) is 15.6 Å². The number of aromatic nitrogens is 2. The fraction of sp³-hybridized carbons (Fsp3) is 0.250. The molecule has 0 unspecified atom stereocenters. The molecule has 0 saturated heterocycles. The van der Waals surface area contributed by atoms with Crippen LogP contribution >= 0.6 is 11.3 Å². The van der Waals surface area contributed by atoms with Crippen LogP contribution in [0.25, 0.3) is 0 Å². The summed E-state index contributed by atoms with van der Waals surface area (Å²) in [6.45, 7) is 2.10. The van der Waals surface area contributed by atoms with E-state index in [0.29, 0.717) is 17.1 Å². The lowest BCUT2D eigenvalue weighted by atomic mass is 10.2. The van der Waals surface area contributed by atoms with E-state index in [-0.39, 0.29) is 10.6 Å². The Kier molecular flexibility index (Phi) is 2.84. The van der Waals surface area contributed by atoms with Crippen LogP contribution in [0, 0.1) is 11.3 Å². The van der Waals surface area contributed by atoms with Crippen molar-refractivity contribution in [3.63, 3.8) is 0 Å². The van der Waals surface area contributed by atoms with Crippen molar-refractivity contribution in [3.8, 4) is 6.07 Å². The zero-order chi connectivity index (χ0) is 14.3. The molecule has 0 radical (unpaired) electrons. The number of nitrogens with zero attached hydrogens (tertiary/aromatic N) is 4. The van der Waals surface area contributed by atoms with Crippen molar-refractivity contribution >= 4 is 27.9 Å². The van der Waals surface area contributed by atoms with Gasteiger partial charge in [0.05, 0.1) is 12.2 Å². The number of hydrogen-bond acceptors (Lipinski definition) is 6. The van der Waals surface area contributed by atoms with Gasteiger partial charge in [0, 0.05) is 25.5 Å². The van der Waals surface area contributed by atoms with Crippen molar-refractivity contribution in [2.45, 2.75) is 13.1 Å². The number of amides is 1. The van der Waals surface area contributed by atoms with Crippen LogP contribution < -0.4 is 16.4 Å². The molecule has 102 valence electrons. The lowest BCUT2D eigenvalue weighted by molar-refractivity contribution is 0.100. The number of carbonyl (C=O) groups is 1. The number of fused-ring (bicyclic) bond motifs is 1. The Labute approximate surface area is 119 Å². The standard InChI is InChI=1S/C12H12N6OS/c13-5-7-9(14)10(11(15)19)20-12(7)18-4-3-17-2-1-16-8(17)6-18/h1-2H,3-4,6,14H2,(H2,15,19). The van der Waals surface area contributed by atoms with Gasteiger partial charge in [-0.3, -0.25) is 4.79 Å². The third-order valence-electron chi connectivity index (χ3n) is 3.29. The SMILES string of the molecule is N#Cc1c(N2CCn3ccnc3C2)sc(C(N)=O)c1N. The van der Waals surface area contributed by atoms with E-state index in [4.69, 9.17) is 11.5 Å². The normalized spacial score (nSPS) is 13.8. The molecule has 0 atom stereocenters. The quantitative estimate of drug-likeness (QED) is 0.836. The van der Waals surface area contributed by atoms with Crippen LogP contribution in [-0.2, 0) is 13.1 Å². The zero-order valence-corrected chi connectivity index (χ0v) is 11.4. The van der Waals surface area contributed by atoms with Crippen LogP contribution in [0.2, 0.25) is 0 Å². The van der Waals surface area contributed by atoms with E-state index in [1.165, 1.54) is 11.3 Å². The van der Waals surface area contributed by atoms with E-state index in [1.807, 2.05) is 11.1 Å². The van der Waals surface area contributed by atoms with Gasteiger partial charge in [0.25, 0.3) is 5.91 Å². The molecule has 0 aromatic carbocycles. The van der Waals surface area contributed by atoms with Crippen molar-refractivity contribution in [2.75, 3.05) is 17.2 Å². The predicted molar refractivity (Wildman–Crippen MR) is 75.2 cm³/mol. The maximum absolute atomic E-state index is 11.4. The average Bonchev–Trinajstić information content (AvgIpc) is 3.01. The molecule has 3 heterocycles. The largest absolute Gasteiger partial charge is 0.396 e. The molecule has 2 aromatic rings. The summed E-state index contributed by atoms with van der Waals surface area (Å²) in [5.41, 5.74) is 11.6. The van der Waals surface area contributed by atoms with Crippen molar-refractivity contribution in [2.24, 2.45) is 5.73 Å². The van der Waals surface area contributed by atoms with Crippen molar-refractivity contribution < 1.29 is 4.79 Å².